The van der Waals surface area contributed by atoms with Gasteiger partial charge in [-0.2, -0.15) is 0 Å². The minimum atomic E-state index is -0.414. The Balaban J connectivity index is 2.50. The van der Waals surface area contributed by atoms with E-state index in [0.717, 1.165) is 11.1 Å². The molecule has 0 aliphatic heterocycles. The number of hydrogen-bond donors (Lipinski definition) is 2. The Morgan fingerprint density at radius 1 is 1.40 bits per heavy atom. The van der Waals surface area contributed by atoms with Gasteiger partial charge in [0.05, 0.1) is 12.7 Å². The van der Waals surface area contributed by atoms with Crippen molar-refractivity contribution in [3.8, 4) is 0 Å². The van der Waals surface area contributed by atoms with Crippen LogP contribution in [0.1, 0.15) is 24.8 Å². The first-order chi connectivity index (χ1) is 9.65. The van der Waals surface area contributed by atoms with Gasteiger partial charge < -0.3 is 4.74 Å². The SMILES string of the molecule is C=CC(=C)C[C@@H](CCC(=O)NO)OCc1ccccc1. The molecule has 0 aliphatic rings. The topological polar surface area (TPSA) is 58.6 Å². The molecule has 0 heterocycles. The highest BCUT2D eigenvalue weighted by molar-refractivity contribution is 5.74. The fourth-order valence-corrected chi connectivity index (χ4v) is 1.76. The molecule has 0 saturated heterocycles. The highest BCUT2D eigenvalue weighted by atomic mass is 16.5. The Hall–Kier alpha value is -1.91. The van der Waals surface area contributed by atoms with Crippen LogP contribution in [0.3, 0.4) is 0 Å². The van der Waals surface area contributed by atoms with Crippen molar-refractivity contribution in [2.45, 2.75) is 32.0 Å². The summed E-state index contributed by atoms with van der Waals surface area (Å²) in [4.78, 5) is 11.1. The van der Waals surface area contributed by atoms with Crippen molar-refractivity contribution < 1.29 is 14.7 Å². The monoisotopic (exact) mass is 275 g/mol. The quantitative estimate of drug-likeness (QED) is 0.414. The minimum absolute atomic E-state index is 0.127. The molecule has 20 heavy (non-hydrogen) atoms. The van der Waals surface area contributed by atoms with Gasteiger partial charge in [0, 0.05) is 6.42 Å². The molecule has 1 rings (SSSR count). The van der Waals surface area contributed by atoms with Crippen LogP contribution in [-0.4, -0.2) is 17.2 Å². The maximum Gasteiger partial charge on any atom is 0.243 e. The van der Waals surface area contributed by atoms with Crippen LogP contribution < -0.4 is 5.48 Å². The summed E-state index contributed by atoms with van der Waals surface area (Å²) in [5.41, 5.74) is 3.57. The lowest BCUT2D eigenvalue weighted by molar-refractivity contribution is -0.130. The van der Waals surface area contributed by atoms with Gasteiger partial charge in [0.25, 0.3) is 0 Å². The van der Waals surface area contributed by atoms with E-state index in [4.69, 9.17) is 9.94 Å². The molecule has 0 aliphatic carbocycles. The third kappa shape index (κ3) is 6.31. The van der Waals surface area contributed by atoms with Gasteiger partial charge in [0.1, 0.15) is 0 Å². The van der Waals surface area contributed by atoms with E-state index in [0.29, 0.717) is 19.4 Å². The van der Waals surface area contributed by atoms with Crippen LogP contribution in [0.15, 0.2) is 55.1 Å². The Bertz CT molecular complexity index is 442. The molecule has 1 amide bonds. The number of hydroxylamine groups is 1. The van der Waals surface area contributed by atoms with E-state index in [-0.39, 0.29) is 12.5 Å². The lowest BCUT2D eigenvalue weighted by atomic mass is 10.1. The Kier molecular flexibility index (Phi) is 7.32. The third-order valence-corrected chi connectivity index (χ3v) is 2.93. The number of nitrogens with one attached hydrogen (secondary N) is 1. The van der Waals surface area contributed by atoms with Gasteiger partial charge in [0.2, 0.25) is 5.91 Å². The summed E-state index contributed by atoms with van der Waals surface area (Å²) < 4.78 is 5.83. The van der Waals surface area contributed by atoms with Crippen molar-refractivity contribution in [1.82, 2.24) is 5.48 Å². The standard InChI is InChI=1S/C16H21NO3/c1-3-13(2)11-15(9-10-16(18)17-19)20-12-14-7-5-4-6-8-14/h3-8,15,19H,1-2,9-12H2,(H,17,18)/t15-/m1/s1. The van der Waals surface area contributed by atoms with Crippen LogP contribution in [0.5, 0.6) is 0 Å². The molecule has 0 spiro atoms. The summed E-state index contributed by atoms with van der Waals surface area (Å²) >= 11 is 0. The number of benzene rings is 1. The number of ether oxygens (including phenoxy) is 1. The van der Waals surface area contributed by atoms with E-state index in [1.54, 1.807) is 11.6 Å². The maximum absolute atomic E-state index is 11.1. The predicted molar refractivity (Wildman–Crippen MR) is 78.1 cm³/mol. The van der Waals surface area contributed by atoms with Crippen LogP contribution in [0.2, 0.25) is 0 Å². The summed E-state index contributed by atoms with van der Waals surface area (Å²) in [5, 5.41) is 8.51. The maximum atomic E-state index is 11.1. The van der Waals surface area contributed by atoms with Gasteiger partial charge in [-0.05, 0) is 18.4 Å². The van der Waals surface area contributed by atoms with Gasteiger partial charge in [-0.1, -0.05) is 55.1 Å². The molecular weight excluding hydrogens is 254 g/mol. The molecule has 1 aromatic carbocycles. The molecular formula is C16H21NO3. The van der Waals surface area contributed by atoms with E-state index in [1.165, 1.54) is 0 Å². The smallest absolute Gasteiger partial charge is 0.243 e. The molecule has 0 fully saturated rings. The molecule has 108 valence electrons. The van der Waals surface area contributed by atoms with E-state index in [1.807, 2.05) is 30.3 Å². The number of amides is 1. The van der Waals surface area contributed by atoms with Crippen molar-refractivity contribution in [3.05, 3.63) is 60.7 Å². The lowest BCUT2D eigenvalue weighted by Crippen LogP contribution is -2.22. The average molecular weight is 275 g/mol. The molecule has 0 radical (unpaired) electrons. The van der Waals surface area contributed by atoms with Gasteiger partial charge in [-0.3, -0.25) is 10.0 Å². The van der Waals surface area contributed by atoms with Crippen molar-refractivity contribution in [1.29, 1.82) is 0 Å². The van der Waals surface area contributed by atoms with Crippen LogP contribution in [0.25, 0.3) is 0 Å². The third-order valence-electron chi connectivity index (χ3n) is 2.93. The molecule has 0 aromatic heterocycles. The van der Waals surface area contributed by atoms with Crippen LogP contribution in [0, 0.1) is 0 Å². The zero-order valence-electron chi connectivity index (χ0n) is 11.5. The van der Waals surface area contributed by atoms with Gasteiger partial charge in [-0.25, -0.2) is 5.48 Å². The summed E-state index contributed by atoms with van der Waals surface area (Å²) in [5.74, 6) is -0.414. The number of carbonyl (C=O) groups excluding carboxylic acids is 1. The Morgan fingerprint density at radius 2 is 2.10 bits per heavy atom. The van der Waals surface area contributed by atoms with Crippen molar-refractivity contribution >= 4 is 5.91 Å². The second-order valence-electron chi connectivity index (χ2n) is 4.56. The summed E-state index contributed by atoms with van der Waals surface area (Å²) in [6.07, 6.45) is 2.91. The van der Waals surface area contributed by atoms with E-state index in [9.17, 15) is 4.79 Å². The van der Waals surface area contributed by atoms with Crippen molar-refractivity contribution in [2.24, 2.45) is 0 Å². The second kappa shape index (κ2) is 9.07. The molecule has 0 bridgehead atoms. The second-order valence-corrected chi connectivity index (χ2v) is 4.56. The van der Waals surface area contributed by atoms with E-state index < -0.39 is 5.91 Å². The molecule has 4 nitrogen and oxygen atoms in total. The molecule has 0 unspecified atom stereocenters. The fourth-order valence-electron chi connectivity index (χ4n) is 1.76. The molecule has 4 heteroatoms. The molecule has 0 saturated carbocycles. The summed E-state index contributed by atoms with van der Waals surface area (Å²) in [6.45, 7) is 8.02. The largest absolute Gasteiger partial charge is 0.373 e. The fraction of sp³-hybridized carbons (Fsp3) is 0.312. The molecule has 1 atom stereocenters. The zero-order valence-corrected chi connectivity index (χ0v) is 11.5. The molecule has 1 aromatic rings. The minimum Gasteiger partial charge on any atom is -0.373 e. The highest BCUT2D eigenvalue weighted by Crippen LogP contribution is 2.15. The highest BCUT2D eigenvalue weighted by Gasteiger charge is 2.12. The number of rotatable bonds is 9. The first kappa shape index (κ1) is 16.1. The summed E-state index contributed by atoms with van der Waals surface area (Å²) in [7, 11) is 0. The normalized spacial score (nSPS) is 11.7. The number of allylic oxidation sites excluding steroid dienone is 1. The Morgan fingerprint density at radius 3 is 2.70 bits per heavy atom. The summed E-state index contributed by atoms with van der Waals surface area (Å²) in [6, 6.07) is 9.83. The number of hydrogen-bond acceptors (Lipinski definition) is 3. The zero-order chi connectivity index (χ0) is 14.8. The predicted octanol–water partition coefficient (Wildman–Crippen LogP) is 2.99. The molecule has 2 N–H and O–H groups in total. The van der Waals surface area contributed by atoms with Crippen LogP contribution >= 0.6 is 0 Å². The average Bonchev–Trinajstić information content (AvgIpc) is 2.50. The van der Waals surface area contributed by atoms with Gasteiger partial charge >= 0.3 is 0 Å². The van der Waals surface area contributed by atoms with Crippen molar-refractivity contribution in [2.75, 3.05) is 0 Å². The first-order valence-corrected chi connectivity index (χ1v) is 6.54. The van der Waals surface area contributed by atoms with E-state index >= 15 is 0 Å². The van der Waals surface area contributed by atoms with Gasteiger partial charge in [-0.15, -0.1) is 0 Å². The first-order valence-electron chi connectivity index (χ1n) is 6.54. The van der Waals surface area contributed by atoms with Crippen molar-refractivity contribution in [3.63, 3.8) is 0 Å². The van der Waals surface area contributed by atoms with Crippen LogP contribution in [-0.2, 0) is 16.1 Å². The van der Waals surface area contributed by atoms with Crippen LogP contribution in [0.4, 0.5) is 0 Å². The lowest BCUT2D eigenvalue weighted by Gasteiger charge is -2.18. The van der Waals surface area contributed by atoms with E-state index in [2.05, 4.69) is 13.2 Å². The Labute approximate surface area is 119 Å². The number of carbonyl (C=O) groups is 1. The van der Waals surface area contributed by atoms with Gasteiger partial charge in [0.15, 0.2) is 0 Å².